The molecule has 3 aliphatic heterocycles. The topological polar surface area (TPSA) is 126 Å². The number of hydrogen-bond acceptors (Lipinski definition) is 8. The van der Waals surface area contributed by atoms with Gasteiger partial charge in [0.25, 0.3) is 0 Å². The highest BCUT2D eigenvalue weighted by Gasteiger charge is 2.71. The number of piperidine rings is 1. The van der Waals surface area contributed by atoms with E-state index in [0.29, 0.717) is 26.1 Å². The molecule has 1 saturated carbocycles. The maximum atomic E-state index is 12.7. The summed E-state index contributed by atoms with van der Waals surface area (Å²) >= 11 is 0. The molecule has 2 amide bonds. The molecule has 4 aliphatic rings. The van der Waals surface area contributed by atoms with Gasteiger partial charge in [0, 0.05) is 42.9 Å². The van der Waals surface area contributed by atoms with E-state index in [1.807, 2.05) is 51.2 Å². The quantitative estimate of drug-likeness (QED) is 0.493. The second-order valence-electron chi connectivity index (χ2n) is 12.0. The third kappa shape index (κ3) is 3.73. The minimum absolute atomic E-state index is 0.0575. The summed E-state index contributed by atoms with van der Waals surface area (Å²) in [5, 5.41) is 18.0. The van der Waals surface area contributed by atoms with Crippen molar-refractivity contribution in [2.24, 2.45) is 11.8 Å². The number of fused-ring (bicyclic) bond motifs is 4. The Labute approximate surface area is 231 Å². The first-order valence-electron chi connectivity index (χ1n) is 13.5. The number of cyclic esters (lactones) is 1. The largest absolute Gasteiger partial charge is 0.444 e. The summed E-state index contributed by atoms with van der Waals surface area (Å²) in [4.78, 5) is 33.3. The number of nitrogens with zero attached hydrogens (tertiary/aromatic N) is 7. The van der Waals surface area contributed by atoms with Gasteiger partial charge in [-0.25, -0.2) is 14.3 Å². The smallest absolute Gasteiger partial charge is 0.415 e. The summed E-state index contributed by atoms with van der Waals surface area (Å²) in [6.07, 6.45) is 4.89. The minimum Gasteiger partial charge on any atom is -0.444 e. The highest BCUT2D eigenvalue weighted by molar-refractivity contribution is 5.94. The van der Waals surface area contributed by atoms with E-state index in [1.165, 1.54) is 0 Å². The van der Waals surface area contributed by atoms with Gasteiger partial charge < -0.3 is 14.4 Å². The van der Waals surface area contributed by atoms with Crippen LogP contribution < -0.4 is 4.90 Å². The molecule has 40 heavy (non-hydrogen) atoms. The monoisotopic (exact) mass is 539 g/mol. The second kappa shape index (κ2) is 8.52. The van der Waals surface area contributed by atoms with Crippen LogP contribution in [-0.4, -0.2) is 67.9 Å². The van der Waals surface area contributed by atoms with Crippen LogP contribution in [-0.2, 0) is 27.9 Å². The zero-order chi connectivity index (χ0) is 27.8. The minimum atomic E-state index is -0.667. The molecule has 2 aromatic heterocycles. The summed E-state index contributed by atoms with van der Waals surface area (Å²) in [6.45, 7) is 7.00. The van der Waals surface area contributed by atoms with Gasteiger partial charge >= 0.3 is 12.2 Å². The lowest BCUT2D eigenvalue weighted by atomic mass is 9.95. The highest BCUT2D eigenvalue weighted by Crippen LogP contribution is 2.63. The molecule has 0 N–H and O–H groups in total. The van der Waals surface area contributed by atoms with Crippen LogP contribution in [0.4, 0.5) is 15.3 Å². The summed E-state index contributed by atoms with van der Waals surface area (Å²) < 4.78 is 12.8. The van der Waals surface area contributed by atoms with Crippen molar-refractivity contribution in [2.45, 2.75) is 56.9 Å². The zero-order valence-electron chi connectivity index (χ0n) is 22.5. The number of anilines is 1. The Morgan fingerprint density at radius 2 is 1.98 bits per heavy atom. The molecule has 11 nitrogen and oxygen atoms in total. The third-order valence-corrected chi connectivity index (χ3v) is 8.55. The second-order valence-corrected chi connectivity index (χ2v) is 12.0. The molecule has 5 heterocycles. The maximum Gasteiger partial charge on any atom is 0.415 e. The van der Waals surface area contributed by atoms with Crippen LogP contribution in [0.25, 0.3) is 11.1 Å². The van der Waals surface area contributed by atoms with Gasteiger partial charge in [0.2, 0.25) is 0 Å². The van der Waals surface area contributed by atoms with Crippen molar-refractivity contribution in [3.05, 3.63) is 60.2 Å². The first kappa shape index (κ1) is 24.6. The van der Waals surface area contributed by atoms with Crippen molar-refractivity contribution in [3.63, 3.8) is 0 Å². The molecule has 0 spiro atoms. The van der Waals surface area contributed by atoms with Gasteiger partial charge in [-0.15, -0.1) is 5.10 Å². The molecule has 3 fully saturated rings. The van der Waals surface area contributed by atoms with E-state index in [4.69, 9.17) is 14.5 Å². The van der Waals surface area contributed by atoms with Crippen LogP contribution in [0.2, 0.25) is 0 Å². The first-order chi connectivity index (χ1) is 19.2. The van der Waals surface area contributed by atoms with Crippen LogP contribution >= 0.6 is 0 Å². The van der Waals surface area contributed by atoms with E-state index in [2.05, 4.69) is 22.4 Å². The molecule has 3 aromatic rings. The molecular formula is C29H29N7O4. The number of carbonyl (C=O) groups excluding carboxylic acids is 2. The number of aromatic nitrogens is 4. The van der Waals surface area contributed by atoms with Crippen LogP contribution in [0.15, 0.2) is 48.9 Å². The fourth-order valence-electron chi connectivity index (χ4n) is 6.65. The number of likely N-dealkylation sites (tertiary alicyclic amines) is 1. The summed E-state index contributed by atoms with van der Waals surface area (Å²) in [5.41, 5.74) is 3.42. The maximum absolute atomic E-state index is 12.7. The lowest BCUT2D eigenvalue weighted by Crippen LogP contribution is -2.39. The number of ether oxygens (including phenoxy) is 2. The Morgan fingerprint density at radius 1 is 1.20 bits per heavy atom. The Hall–Kier alpha value is -4.46. The Morgan fingerprint density at radius 3 is 2.62 bits per heavy atom. The van der Waals surface area contributed by atoms with Gasteiger partial charge in [0.05, 0.1) is 36.2 Å². The molecule has 204 valence electrons. The van der Waals surface area contributed by atoms with Crippen molar-refractivity contribution in [3.8, 4) is 17.2 Å². The number of carbonyl (C=O) groups is 2. The number of benzene rings is 1. The molecule has 0 radical (unpaired) electrons. The van der Waals surface area contributed by atoms with Crippen molar-refractivity contribution in [1.29, 1.82) is 5.26 Å². The average molecular weight is 540 g/mol. The zero-order valence-corrected chi connectivity index (χ0v) is 22.5. The molecule has 1 aliphatic carbocycles. The standard InChI is InChI=1S/C29H29N7O4/c1-28(2,3)40-26(37)34-13-20-21(14-34)29(20,16-30)25-7-5-18(12-31-25)17-4-6-22-19(10-17)11-23-24(39-27(38)36(22)23)15-35-9-8-32-33-35/h4-10,12,20-21,23-24H,11,13-15H2,1-3H3/t20-,21+,23-,24-,29?/m0/s1. The molecule has 0 bridgehead atoms. The van der Waals surface area contributed by atoms with Crippen LogP contribution in [0.1, 0.15) is 32.0 Å². The van der Waals surface area contributed by atoms with Gasteiger partial charge in [-0.2, -0.15) is 5.26 Å². The molecule has 11 heteroatoms. The van der Waals surface area contributed by atoms with Gasteiger partial charge in [0.15, 0.2) is 0 Å². The van der Waals surface area contributed by atoms with Gasteiger partial charge in [-0.05, 0) is 56.5 Å². The fourth-order valence-corrected chi connectivity index (χ4v) is 6.65. The Bertz CT molecular complexity index is 1530. The van der Waals surface area contributed by atoms with Crippen LogP contribution in [0.5, 0.6) is 0 Å². The van der Waals surface area contributed by atoms with E-state index < -0.39 is 11.0 Å². The van der Waals surface area contributed by atoms with E-state index in [0.717, 1.165) is 28.1 Å². The number of nitriles is 1. The molecule has 1 unspecified atom stereocenters. The molecular weight excluding hydrogens is 510 g/mol. The Kier molecular flexibility index (Phi) is 5.23. The molecule has 2 saturated heterocycles. The van der Waals surface area contributed by atoms with Gasteiger partial charge in [0.1, 0.15) is 17.1 Å². The molecule has 5 atom stereocenters. The van der Waals surface area contributed by atoms with E-state index >= 15 is 0 Å². The first-order valence-corrected chi connectivity index (χ1v) is 13.5. The summed E-state index contributed by atoms with van der Waals surface area (Å²) in [7, 11) is 0. The number of hydrogen-bond donors (Lipinski definition) is 0. The fraction of sp³-hybridized carbons (Fsp3) is 0.448. The lowest BCUT2D eigenvalue weighted by Gasteiger charge is -2.27. The van der Waals surface area contributed by atoms with Crippen LogP contribution in [0, 0.1) is 23.2 Å². The Balaban J connectivity index is 1.06. The highest BCUT2D eigenvalue weighted by atomic mass is 16.6. The van der Waals surface area contributed by atoms with E-state index in [-0.39, 0.29) is 36.2 Å². The number of amides is 2. The van der Waals surface area contributed by atoms with Crippen molar-refractivity contribution >= 4 is 17.9 Å². The van der Waals surface area contributed by atoms with Gasteiger partial charge in [-0.1, -0.05) is 17.3 Å². The third-order valence-electron chi connectivity index (χ3n) is 8.55. The predicted octanol–water partition coefficient (Wildman–Crippen LogP) is 3.55. The lowest BCUT2D eigenvalue weighted by molar-refractivity contribution is 0.0265. The molecule has 7 rings (SSSR count). The van der Waals surface area contributed by atoms with Crippen LogP contribution in [0.3, 0.4) is 0 Å². The van der Waals surface area contributed by atoms with Gasteiger partial charge in [-0.3, -0.25) is 9.88 Å². The number of pyridine rings is 1. The number of rotatable bonds is 4. The van der Waals surface area contributed by atoms with E-state index in [1.54, 1.807) is 26.9 Å². The average Bonchev–Trinajstić information content (AvgIpc) is 3.51. The van der Waals surface area contributed by atoms with Crippen molar-refractivity contribution in [1.82, 2.24) is 24.9 Å². The van der Waals surface area contributed by atoms with Crippen molar-refractivity contribution in [2.75, 3.05) is 18.0 Å². The predicted molar refractivity (Wildman–Crippen MR) is 142 cm³/mol. The normalized spacial score (nSPS) is 28.0. The SMILES string of the molecule is CC(C)(C)OC(=O)N1C[C@@H]2[C@H](C1)C2(C#N)c1ccc(-c2ccc3c(c2)C[C@H]2[C@H](Cn4ccnn4)OC(=O)N32)cn1. The molecule has 1 aromatic carbocycles. The van der Waals surface area contributed by atoms with E-state index in [9.17, 15) is 14.9 Å². The van der Waals surface area contributed by atoms with Crippen molar-refractivity contribution < 1.29 is 19.1 Å². The summed E-state index contributed by atoms with van der Waals surface area (Å²) in [5.74, 6) is 0.115. The summed E-state index contributed by atoms with van der Waals surface area (Å²) in [6, 6.07) is 12.4.